The molecule has 16 heteroatoms. The summed E-state index contributed by atoms with van der Waals surface area (Å²) in [5.41, 5.74) is -1.82. The molecule has 0 radical (unpaired) electrons. The van der Waals surface area contributed by atoms with E-state index in [1.807, 2.05) is 21.9 Å². The van der Waals surface area contributed by atoms with Crippen LogP contribution < -0.4 is 11.1 Å². The van der Waals surface area contributed by atoms with Gasteiger partial charge in [-0.25, -0.2) is 9.13 Å². The Labute approximate surface area is 486 Å². The van der Waals surface area contributed by atoms with Crippen molar-refractivity contribution in [1.82, 2.24) is 18.9 Å². The van der Waals surface area contributed by atoms with E-state index in [4.69, 9.17) is 0 Å². The van der Waals surface area contributed by atoms with E-state index in [0.29, 0.717) is 61.0 Å². The normalized spacial score (nSPS) is 13.0. The predicted molar refractivity (Wildman–Crippen MR) is 326 cm³/mol. The van der Waals surface area contributed by atoms with Crippen LogP contribution in [0.4, 0.5) is 22.7 Å². The van der Waals surface area contributed by atoms with Crippen molar-refractivity contribution in [2.24, 2.45) is 44.1 Å². The van der Waals surface area contributed by atoms with Crippen LogP contribution in [0.25, 0.3) is 11.4 Å². The summed E-state index contributed by atoms with van der Waals surface area (Å²) < 4.78 is 1.70. The van der Waals surface area contributed by atoms with Crippen molar-refractivity contribution in [2.75, 3.05) is 26.2 Å². The first kappa shape index (κ1) is 65.1. The minimum Gasteiger partial charge on any atom is -0.493 e. The number of hydrogen-bond acceptors (Lipinski definition) is 12. The van der Waals surface area contributed by atoms with Crippen molar-refractivity contribution < 1.29 is 19.8 Å². The van der Waals surface area contributed by atoms with Gasteiger partial charge in [-0.3, -0.25) is 19.2 Å². The molecule has 2 aromatic heterocycles. The lowest BCUT2D eigenvalue weighted by molar-refractivity contribution is 0.0679. The Morgan fingerprint density at radius 2 is 0.817 bits per heavy atom. The number of azo groups is 2. The molecule has 0 saturated heterocycles. The topological polar surface area (TPSA) is 222 Å². The first-order chi connectivity index (χ1) is 39.6. The molecule has 2 N–H and O–H groups in total. The summed E-state index contributed by atoms with van der Waals surface area (Å²) >= 11 is 0. The van der Waals surface area contributed by atoms with Gasteiger partial charge in [0.1, 0.15) is 23.3 Å². The molecule has 0 aliphatic carbocycles. The van der Waals surface area contributed by atoms with Crippen LogP contribution >= 0.6 is 0 Å². The van der Waals surface area contributed by atoms with Gasteiger partial charge in [-0.2, -0.15) is 10.5 Å². The van der Waals surface area contributed by atoms with Crippen molar-refractivity contribution in [3.8, 4) is 35.3 Å². The zero-order valence-electron chi connectivity index (χ0n) is 50.4. The van der Waals surface area contributed by atoms with Gasteiger partial charge >= 0.3 is 0 Å². The molecule has 0 aliphatic heterocycles. The number of carbonyl (C=O) groups excluding carboxylic acids is 2. The van der Waals surface area contributed by atoms with Crippen LogP contribution in [0.15, 0.2) is 103 Å². The fourth-order valence-corrected chi connectivity index (χ4v) is 10.7. The fourth-order valence-electron chi connectivity index (χ4n) is 10.7. The van der Waals surface area contributed by atoms with Gasteiger partial charge in [0.2, 0.25) is 11.8 Å². The Bertz CT molecular complexity index is 2970. The number of pyridine rings is 2. The Morgan fingerprint density at radius 3 is 1.11 bits per heavy atom. The van der Waals surface area contributed by atoms with Crippen molar-refractivity contribution in [1.29, 1.82) is 10.5 Å². The Kier molecular flexibility index (Phi) is 25.9. The Balaban J connectivity index is 1.59. The highest BCUT2D eigenvalue weighted by molar-refractivity contribution is 5.99. The number of aromatic hydroxyl groups is 2. The van der Waals surface area contributed by atoms with Gasteiger partial charge in [-0.1, -0.05) is 163 Å². The predicted octanol–water partition coefficient (Wildman–Crippen LogP) is 16.3. The maximum Gasteiger partial charge on any atom is 0.276 e. The van der Waals surface area contributed by atoms with E-state index in [2.05, 4.69) is 75.8 Å². The number of benzene rings is 3. The number of nitrogens with zero attached hydrogens (tertiary/aromatic N) is 10. The lowest BCUT2D eigenvalue weighted by Crippen LogP contribution is -2.39. The second kappa shape index (κ2) is 32.7. The number of nitriles is 2. The molecular formula is C66H88N10O6. The average Bonchev–Trinajstić information content (AvgIpc) is 3.65. The molecule has 438 valence electrons. The van der Waals surface area contributed by atoms with Crippen molar-refractivity contribution >= 4 is 34.6 Å². The van der Waals surface area contributed by atoms with Crippen molar-refractivity contribution in [3.63, 3.8) is 0 Å². The van der Waals surface area contributed by atoms with Crippen LogP contribution in [0.3, 0.4) is 0 Å². The number of aromatic nitrogens is 2. The van der Waals surface area contributed by atoms with Gasteiger partial charge in [-0.05, 0) is 106 Å². The maximum absolute atomic E-state index is 14.7. The van der Waals surface area contributed by atoms with Crippen molar-refractivity contribution in [2.45, 2.75) is 172 Å². The molecule has 5 rings (SSSR count). The van der Waals surface area contributed by atoms with Crippen LogP contribution in [-0.4, -0.2) is 67.1 Å². The van der Waals surface area contributed by atoms with Crippen molar-refractivity contribution in [3.05, 3.63) is 127 Å². The number of rotatable bonds is 32. The average molecular weight is 1120 g/mol. The SMILES string of the molecule is CCCCC(CC)CN(CC(CC)CCCC)C(=O)c1ccccc1/N=N/c1c(C)c(C#N)c(=O)n(-c2cccc(-n3c(O)c(/N=N/c4ccccc4C(=O)N(CC(CC)CCCC)CC(CC)CCCC)c(C)c(C#N)c3=O)c2)c1O. The quantitative estimate of drug-likeness (QED) is 0.0393. The molecule has 2 amide bonds. The van der Waals surface area contributed by atoms with E-state index in [1.54, 1.807) is 48.5 Å². The van der Waals surface area contributed by atoms with Gasteiger partial charge < -0.3 is 20.0 Å². The molecule has 4 atom stereocenters. The highest BCUT2D eigenvalue weighted by Gasteiger charge is 2.28. The smallest absolute Gasteiger partial charge is 0.276 e. The van der Waals surface area contributed by atoms with Crippen LogP contribution in [0, 0.1) is 60.2 Å². The highest BCUT2D eigenvalue weighted by Crippen LogP contribution is 2.38. The van der Waals surface area contributed by atoms with Gasteiger partial charge in [0.05, 0.1) is 33.9 Å². The largest absolute Gasteiger partial charge is 0.493 e. The molecule has 3 aromatic carbocycles. The van der Waals surface area contributed by atoms with E-state index in [1.165, 1.54) is 38.1 Å². The van der Waals surface area contributed by atoms with Crippen LogP contribution in [-0.2, 0) is 0 Å². The summed E-state index contributed by atoms with van der Waals surface area (Å²) in [5.74, 6) is -0.463. The third-order valence-corrected chi connectivity index (χ3v) is 16.2. The van der Waals surface area contributed by atoms with E-state index in [0.717, 1.165) is 112 Å². The lowest BCUT2D eigenvalue weighted by atomic mass is 9.95. The summed E-state index contributed by atoms with van der Waals surface area (Å²) in [7, 11) is 0. The van der Waals surface area contributed by atoms with E-state index < -0.39 is 22.9 Å². The molecule has 0 spiro atoms. The fraction of sp³-hybridized carbons (Fsp3) is 0.515. The lowest BCUT2D eigenvalue weighted by Gasteiger charge is -2.31. The molecule has 82 heavy (non-hydrogen) atoms. The Hall–Kier alpha value is -7.72. The maximum atomic E-state index is 14.7. The second-order valence-electron chi connectivity index (χ2n) is 21.9. The summed E-state index contributed by atoms with van der Waals surface area (Å²) in [6.07, 6.45) is 16.3. The highest BCUT2D eigenvalue weighted by atomic mass is 16.3. The molecule has 0 saturated carbocycles. The number of carbonyl (C=O) groups is 2. The minimum atomic E-state index is -0.904. The number of hydrogen-bond donors (Lipinski definition) is 2. The van der Waals surface area contributed by atoms with E-state index in [9.17, 15) is 39.9 Å². The number of amides is 2. The van der Waals surface area contributed by atoms with Crippen LogP contribution in [0.2, 0.25) is 0 Å². The molecule has 4 unspecified atom stereocenters. The third kappa shape index (κ3) is 16.3. The summed E-state index contributed by atoms with van der Waals surface area (Å²) in [6.45, 7) is 22.7. The summed E-state index contributed by atoms with van der Waals surface area (Å²) in [5, 5.41) is 62.8. The monoisotopic (exact) mass is 1120 g/mol. The zero-order chi connectivity index (χ0) is 59.9. The van der Waals surface area contributed by atoms with Crippen LogP contribution in [0.5, 0.6) is 11.8 Å². The molecule has 0 aliphatic rings. The number of unbranched alkanes of at least 4 members (excludes halogenated alkanes) is 4. The van der Waals surface area contributed by atoms with Gasteiger partial charge in [0.15, 0.2) is 11.4 Å². The third-order valence-electron chi connectivity index (χ3n) is 16.2. The first-order valence-electron chi connectivity index (χ1n) is 30.1. The molecule has 16 nitrogen and oxygen atoms in total. The van der Waals surface area contributed by atoms with E-state index in [-0.39, 0.29) is 68.2 Å². The second-order valence-corrected chi connectivity index (χ2v) is 21.9. The van der Waals surface area contributed by atoms with Gasteiger partial charge in [0.25, 0.3) is 22.9 Å². The molecule has 5 aromatic rings. The van der Waals surface area contributed by atoms with Crippen LogP contribution in [0.1, 0.15) is 201 Å². The summed E-state index contributed by atoms with van der Waals surface area (Å²) in [6, 6.07) is 23.3. The molecular weight excluding hydrogens is 1030 g/mol. The molecule has 0 bridgehead atoms. The molecule has 2 heterocycles. The Morgan fingerprint density at radius 1 is 0.500 bits per heavy atom. The first-order valence-corrected chi connectivity index (χ1v) is 30.1. The van der Waals surface area contributed by atoms with Gasteiger partial charge in [-0.15, -0.1) is 20.5 Å². The van der Waals surface area contributed by atoms with Gasteiger partial charge in [0, 0.05) is 37.3 Å². The zero-order valence-corrected chi connectivity index (χ0v) is 50.4. The minimum absolute atomic E-state index is 0.0353. The van der Waals surface area contributed by atoms with E-state index >= 15 is 0 Å². The summed E-state index contributed by atoms with van der Waals surface area (Å²) in [4.78, 5) is 61.8. The molecule has 0 fully saturated rings. The standard InChI is InChI=1S/C66H88N10O6/c1-11-19-28-47(15-5)41-73(42-48(16-6)29-20-12-2)61(77)53-34-23-25-36-57(53)69-71-59-45(9)55(39-67)63(79)75(65(59)81)51-32-27-33-52(38-51)76-64(80)56(40-68)46(10)60(66(76)82)72-70-58-37-26-24-35-54(58)62(78)74(43-49(17-7)30-21-13-3)44-50(18-8)31-22-14-4/h23-27,32-38,47-50,81-82H,11-22,28-31,41-44H2,1-10H3/b71-69+,72-70+.